The number of methoxy groups -OCH3 is 2. The van der Waals surface area contributed by atoms with Crippen LogP contribution >= 0.6 is 0 Å². The summed E-state index contributed by atoms with van der Waals surface area (Å²) in [5.41, 5.74) is 1.20. The number of benzene rings is 1. The Morgan fingerprint density at radius 1 is 1.10 bits per heavy atom. The first-order chi connectivity index (χ1) is 9.81. The van der Waals surface area contributed by atoms with Gasteiger partial charge < -0.3 is 25.0 Å². The maximum absolute atomic E-state index is 9.10. The molecule has 0 aliphatic heterocycles. The topological polar surface area (TPSA) is 105 Å². The third kappa shape index (κ3) is 7.78. The van der Waals surface area contributed by atoms with Crippen molar-refractivity contribution >= 4 is 11.9 Å². The summed E-state index contributed by atoms with van der Waals surface area (Å²) < 4.78 is 10.4. The Bertz CT molecular complexity index is 461. The van der Waals surface area contributed by atoms with Crippen molar-refractivity contribution in [2.45, 2.75) is 26.4 Å². The fraction of sp³-hybridized carbons (Fsp3) is 0.429. The summed E-state index contributed by atoms with van der Waals surface area (Å²) in [7, 11) is 3.29. The van der Waals surface area contributed by atoms with E-state index in [9.17, 15) is 0 Å². The monoisotopic (exact) mass is 299 g/mol. The van der Waals surface area contributed by atoms with Gasteiger partial charge in [-0.05, 0) is 17.7 Å². The van der Waals surface area contributed by atoms with Crippen molar-refractivity contribution in [3.8, 4) is 11.5 Å². The first-order valence-corrected chi connectivity index (χ1v) is 6.22. The minimum absolute atomic E-state index is 0.484. The van der Waals surface area contributed by atoms with E-state index in [-0.39, 0.29) is 0 Å². The normalized spacial score (nSPS) is 9.57. The maximum Gasteiger partial charge on any atom is 0.414 e. The van der Waals surface area contributed by atoms with E-state index in [4.69, 9.17) is 29.3 Å². The Kier molecular flexibility index (Phi) is 8.55. The molecule has 0 heterocycles. The quantitative estimate of drug-likeness (QED) is 0.705. The highest BCUT2D eigenvalue weighted by Gasteiger charge is 2.04. The Morgan fingerprint density at radius 2 is 1.62 bits per heavy atom. The lowest BCUT2D eigenvalue weighted by Gasteiger charge is -2.11. The largest absolute Gasteiger partial charge is 0.493 e. The lowest BCUT2D eigenvalue weighted by Crippen LogP contribution is -2.21. The van der Waals surface area contributed by atoms with E-state index in [1.165, 1.54) is 5.56 Å². The molecule has 0 bridgehead atoms. The molecule has 1 rings (SSSR count). The van der Waals surface area contributed by atoms with Gasteiger partial charge in [-0.1, -0.05) is 19.9 Å². The molecule has 118 valence electrons. The number of ether oxygens (including phenoxy) is 2. The summed E-state index contributed by atoms with van der Waals surface area (Å²) in [5, 5.41) is 18.1. The van der Waals surface area contributed by atoms with Crippen LogP contribution in [0.1, 0.15) is 19.4 Å². The predicted octanol–water partition coefficient (Wildman–Crippen LogP) is 1.36. The summed E-state index contributed by atoms with van der Waals surface area (Å²) in [6, 6.07) is 6.44. The molecule has 7 nitrogen and oxygen atoms in total. The Morgan fingerprint density at radius 3 is 2.00 bits per heavy atom. The number of carbonyl (C=O) groups is 2. The summed E-state index contributed by atoms with van der Waals surface area (Å²) in [5.74, 6) is -2.10. The fourth-order valence-electron chi connectivity index (χ4n) is 1.31. The minimum Gasteiger partial charge on any atom is -0.493 e. The van der Waals surface area contributed by atoms with Crippen molar-refractivity contribution in [2.75, 3.05) is 14.2 Å². The van der Waals surface area contributed by atoms with Crippen LogP contribution in [0.4, 0.5) is 0 Å². The fourth-order valence-corrected chi connectivity index (χ4v) is 1.31. The highest BCUT2D eigenvalue weighted by atomic mass is 16.5. The lowest BCUT2D eigenvalue weighted by atomic mass is 10.2. The van der Waals surface area contributed by atoms with Gasteiger partial charge in [0.25, 0.3) is 0 Å². The van der Waals surface area contributed by atoms with Gasteiger partial charge in [0.05, 0.1) is 14.2 Å². The van der Waals surface area contributed by atoms with E-state index < -0.39 is 11.9 Å². The minimum atomic E-state index is -1.82. The molecule has 0 spiro atoms. The van der Waals surface area contributed by atoms with Gasteiger partial charge in [-0.15, -0.1) is 0 Å². The average molecular weight is 299 g/mol. The molecule has 1 aromatic carbocycles. The van der Waals surface area contributed by atoms with Gasteiger partial charge in [0.15, 0.2) is 11.5 Å². The second-order valence-electron chi connectivity index (χ2n) is 4.34. The molecule has 0 saturated heterocycles. The first-order valence-electron chi connectivity index (χ1n) is 6.22. The van der Waals surface area contributed by atoms with Crippen LogP contribution in [0.15, 0.2) is 18.2 Å². The number of hydrogen-bond donors (Lipinski definition) is 3. The molecule has 0 radical (unpaired) electrons. The predicted molar refractivity (Wildman–Crippen MR) is 76.8 cm³/mol. The van der Waals surface area contributed by atoms with Crippen LogP contribution in [0.5, 0.6) is 11.5 Å². The van der Waals surface area contributed by atoms with Gasteiger partial charge in [-0.25, -0.2) is 9.59 Å². The van der Waals surface area contributed by atoms with Crippen LogP contribution in [-0.2, 0) is 16.1 Å². The van der Waals surface area contributed by atoms with Crippen molar-refractivity contribution in [3.05, 3.63) is 23.8 Å². The second-order valence-corrected chi connectivity index (χ2v) is 4.34. The van der Waals surface area contributed by atoms with Crippen LogP contribution in [0.2, 0.25) is 0 Å². The van der Waals surface area contributed by atoms with Crippen LogP contribution < -0.4 is 14.8 Å². The second kappa shape index (κ2) is 9.60. The molecule has 1 aromatic rings. The molecule has 0 amide bonds. The zero-order valence-corrected chi connectivity index (χ0v) is 12.5. The van der Waals surface area contributed by atoms with Crippen molar-refractivity contribution in [3.63, 3.8) is 0 Å². The van der Waals surface area contributed by atoms with E-state index in [0.717, 1.165) is 18.0 Å². The van der Waals surface area contributed by atoms with Gasteiger partial charge in [0, 0.05) is 12.6 Å². The number of hydrogen-bond acceptors (Lipinski definition) is 5. The lowest BCUT2D eigenvalue weighted by molar-refractivity contribution is -0.159. The smallest absolute Gasteiger partial charge is 0.414 e. The number of carboxylic acids is 2. The SMILES string of the molecule is COc1ccc(CNC(C)C)cc1OC.O=C(O)C(=O)O. The third-order valence-corrected chi connectivity index (χ3v) is 2.35. The van der Waals surface area contributed by atoms with Crippen LogP contribution in [0, 0.1) is 0 Å². The molecule has 0 saturated carbocycles. The molecule has 0 atom stereocenters. The van der Waals surface area contributed by atoms with Crippen molar-refractivity contribution < 1.29 is 29.3 Å². The van der Waals surface area contributed by atoms with Gasteiger partial charge in [0.1, 0.15) is 0 Å². The van der Waals surface area contributed by atoms with Gasteiger partial charge in [0.2, 0.25) is 0 Å². The van der Waals surface area contributed by atoms with E-state index >= 15 is 0 Å². The van der Waals surface area contributed by atoms with E-state index in [1.807, 2.05) is 18.2 Å². The summed E-state index contributed by atoms with van der Waals surface area (Å²) in [6.45, 7) is 5.10. The van der Waals surface area contributed by atoms with E-state index in [1.54, 1.807) is 14.2 Å². The molecule has 7 heteroatoms. The van der Waals surface area contributed by atoms with Crippen LogP contribution in [-0.4, -0.2) is 42.4 Å². The summed E-state index contributed by atoms with van der Waals surface area (Å²) in [6.07, 6.45) is 0. The van der Waals surface area contributed by atoms with Crippen molar-refractivity contribution in [1.82, 2.24) is 5.32 Å². The summed E-state index contributed by atoms with van der Waals surface area (Å²) in [4.78, 5) is 18.2. The number of rotatable bonds is 5. The zero-order chi connectivity index (χ0) is 16.4. The van der Waals surface area contributed by atoms with Gasteiger partial charge in [-0.3, -0.25) is 0 Å². The highest BCUT2D eigenvalue weighted by Crippen LogP contribution is 2.27. The third-order valence-electron chi connectivity index (χ3n) is 2.35. The molecule has 21 heavy (non-hydrogen) atoms. The molecular formula is C14H21NO6. The molecule has 3 N–H and O–H groups in total. The molecule has 0 aliphatic rings. The van der Waals surface area contributed by atoms with E-state index in [0.29, 0.717) is 6.04 Å². The van der Waals surface area contributed by atoms with Gasteiger partial charge in [-0.2, -0.15) is 0 Å². The molecular weight excluding hydrogens is 278 g/mol. The molecule has 0 fully saturated rings. The zero-order valence-electron chi connectivity index (χ0n) is 12.5. The average Bonchev–Trinajstić information content (AvgIpc) is 2.45. The molecule has 0 unspecified atom stereocenters. The Balaban J connectivity index is 0.000000567. The number of nitrogens with one attached hydrogen (secondary N) is 1. The van der Waals surface area contributed by atoms with Crippen LogP contribution in [0.25, 0.3) is 0 Å². The van der Waals surface area contributed by atoms with Crippen molar-refractivity contribution in [1.29, 1.82) is 0 Å². The first kappa shape index (κ1) is 18.7. The van der Waals surface area contributed by atoms with Crippen LogP contribution in [0.3, 0.4) is 0 Å². The standard InChI is InChI=1S/C12H19NO2.C2H2O4/c1-9(2)13-8-10-5-6-11(14-3)12(7-10)15-4;3-1(4)2(5)6/h5-7,9,13H,8H2,1-4H3;(H,3,4)(H,5,6). The Hall–Kier alpha value is -2.28. The van der Waals surface area contributed by atoms with E-state index in [2.05, 4.69) is 19.2 Å². The summed E-state index contributed by atoms with van der Waals surface area (Å²) >= 11 is 0. The number of aliphatic carboxylic acids is 2. The molecule has 0 aromatic heterocycles. The molecule has 0 aliphatic carbocycles. The highest BCUT2D eigenvalue weighted by molar-refractivity contribution is 6.27. The maximum atomic E-state index is 9.10. The Labute approximate surface area is 123 Å². The van der Waals surface area contributed by atoms with Gasteiger partial charge >= 0.3 is 11.9 Å². The van der Waals surface area contributed by atoms with Crippen molar-refractivity contribution in [2.24, 2.45) is 0 Å². The number of carboxylic acid groups (broad SMARTS) is 2.